The smallest absolute Gasteiger partial charge is 0.314 e. The molecule has 0 spiro atoms. The highest BCUT2D eigenvalue weighted by Crippen LogP contribution is 2.38. The van der Waals surface area contributed by atoms with Gasteiger partial charge in [-0.05, 0) is 48.7 Å². The van der Waals surface area contributed by atoms with E-state index in [9.17, 15) is 4.79 Å². The van der Waals surface area contributed by atoms with Gasteiger partial charge in [0, 0.05) is 18.0 Å². The van der Waals surface area contributed by atoms with Crippen LogP contribution in [0.4, 0.5) is 0 Å². The van der Waals surface area contributed by atoms with Crippen molar-refractivity contribution in [2.24, 2.45) is 11.8 Å². The Morgan fingerprint density at radius 3 is 2.67 bits per heavy atom. The maximum absolute atomic E-state index is 11.8. The lowest BCUT2D eigenvalue weighted by Crippen LogP contribution is -2.10. The molecule has 0 N–H and O–H groups in total. The van der Waals surface area contributed by atoms with Crippen LogP contribution in [-0.2, 0) is 4.79 Å². The van der Waals surface area contributed by atoms with Crippen LogP contribution in [0.5, 0.6) is 5.75 Å². The minimum absolute atomic E-state index is 0.0453. The minimum atomic E-state index is -0.159. The van der Waals surface area contributed by atoms with Crippen LogP contribution < -0.4 is 4.74 Å². The predicted octanol–water partition coefficient (Wildman–Crippen LogP) is 3.36. The number of aromatic nitrogens is 3. The summed E-state index contributed by atoms with van der Waals surface area (Å²) in [5, 5.41) is 3.98. The SMILES string of the molecule is C[C@H]1C[C@H]1C(=O)Oc1ccc(-c2noc(-c3cccnc3)n2)cc1. The van der Waals surface area contributed by atoms with Gasteiger partial charge in [0.2, 0.25) is 5.82 Å². The standard InChI is InChI=1S/C18H15N3O3/c1-11-9-15(11)18(22)23-14-6-4-12(5-7-14)16-20-17(24-21-16)13-3-2-8-19-10-13/h2-8,10-11,15H,9H2,1H3/t11-,15+/m0/s1. The fourth-order valence-electron chi connectivity index (χ4n) is 2.46. The lowest BCUT2D eigenvalue weighted by atomic mass is 10.2. The summed E-state index contributed by atoms with van der Waals surface area (Å²) in [6.07, 6.45) is 4.26. The second-order valence-electron chi connectivity index (χ2n) is 5.93. The number of hydrogen-bond acceptors (Lipinski definition) is 6. The molecule has 0 saturated heterocycles. The van der Waals surface area contributed by atoms with Crippen LogP contribution in [0.1, 0.15) is 13.3 Å². The van der Waals surface area contributed by atoms with Crippen LogP contribution in [0.3, 0.4) is 0 Å². The van der Waals surface area contributed by atoms with Crippen LogP contribution in [0, 0.1) is 11.8 Å². The van der Waals surface area contributed by atoms with Gasteiger partial charge in [0.15, 0.2) is 0 Å². The predicted molar refractivity (Wildman–Crippen MR) is 85.9 cm³/mol. The monoisotopic (exact) mass is 321 g/mol. The zero-order chi connectivity index (χ0) is 16.5. The molecule has 6 nitrogen and oxygen atoms in total. The summed E-state index contributed by atoms with van der Waals surface area (Å²) in [6.45, 7) is 2.05. The molecule has 0 radical (unpaired) electrons. The van der Waals surface area contributed by atoms with Gasteiger partial charge in [-0.25, -0.2) is 0 Å². The third kappa shape index (κ3) is 2.90. The lowest BCUT2D eigenvalue weighted by molar-refractivity contribution is -0.136. The van der Waals surface area contributed by atoms with Crippen LogP contribution in [0.15, 0.2) is 53.3 Å². The first-order valence-corrected chi connectivity index (χ1v) is 7.77. The van der Waals surface area contributed by atoms with Crippen LogP contribution >= 0.6 is 0 Å². The van der Waals surface area contributed by atoms with Crippen molar-refractivity contribution in [2.75, 3.05) is 0 Å². The van der Waals surface area contributed by atoms with E-state index in [0.717, 1.165) is 17.5 Å². The van der Waals surface area contributed by atoms with Crippen molar-refractivity contribution in [1.82, 2.24) is 15.1 Å². The molecule has 1 saturated carbocycles. The molecular formula is C18H15N3O3. The number of carbonyl (C=O) groups excluding carboxylic acids is 1. The van der Waals surface area contributed by atoms with E-state index < -0.39 is 0 Å². The Kier molecular flexibility index (Phi) is 3.57. The largest absolute Gasteiger partial charge is 0.426 e. The molecule has 6 heteroatoms. The highest BCUT2D eigenvalue weighted by Gasteiger charge is 2.40. The quantitative estimate of drug-likeness (QED) is 0.541. The molecule has 0 bridgehead atoms. The van der Waals surface area contributed by atoms with E-state index in [4.69, 9.17) is 9.26 Å². The number of pyridine rings is 1. The number of carbonyl (C=O) groups is 1. The average molecular weight is 321 g/mol. The fraction of sp³-hybridized carbons (Fsp3) is 0.222. The maximum atomic E-state index is 11.8. The number of esters is 1. The van der Waals surface area contributed by atoms with Crippen molar-refractivity contribution < 1.29 is 14.1 Å². The molecule has 120 valence electrons. The number of ether oxygens (including phenoxy) is 1. The van der Waals surface area contributed by atoms with Crippen molar-refractivity contribution in [1.29, 1.82) is 0 Å². The molecule has 1 aliphatic carbocycles. The molecule has 0 unspecified atom stereocenters. The summed E-state index contributed by atoms with van der Waals surface area (Å²) in [7, 11) is 0. The highest BCUT2D eigenvalue weighted by molar-refractivity contribution is 5.78. The number of nitrogens with zero attached hydrogens (tertiary/aromatic N) is 3. The van der Waals surface area contributed by atoms with E-state index in [0.29, 0.717) is 23.4 Å². The second kappa shape index (κ2) is 5.88. The molecule has 2 aromatic heterocycles. The van der Waals surface area contributed by atoms with Crippen molar-refractivity contribution in [3.8, 4) is 28.6 Å². The average Bonchev–Trinajstić information content (AvgIpc) is 3.16. The number of hydrogen-bond donors (Lipinski definition) is 0. The van der Waals surface area contributed by atoms with Gasteiger partial charge < -0.3 is 9.26 Å². The summed E-state index contributed by atoms with van der Waals surface area (Å²) >= 11 is 0. The molecule has 0 amide bonds. The van der Waals surface area contributed by atoms with Crippen molar-refractivity contribution in [3.63, 3.8) is 0 Å². The Hall–Kier alpha value is -3.02. The highest BCUT2D eigenvalue weighted by atomic mass is 16.5. The van der Waals surface area contributed by atoms with Crippen molar-refractivity contribution >= 4 is 5.97 Å². The molecule has 1 aliphatic rings. The summed E-state index contributed by atoms with van der Waals surface area (Å²) in [5.41, 5.74) is 1.55. The molecule has 2 heterocycles. The van der Waals surface area contributed by atoms with Gasteiger partial charge in [0.1, 0.15) is 5.75 Å². The number of benzene rings is 1. The summed E-state index contributed by atoms with van der Waals surface area (Å²) < 4.78 is 10.6. The molecule has 0 aliphatic heterocycles. The van der Waals surface area contributed by atoms with E-state index in [1.54, 1.807) is 36.7 Å². The molecule has 4 rings (SSSR count). The zero-order valence-electron chi connectivity index (χ0n) is 13.0. The minimum Gasteiger partial charge on any atom is -0.426 e. The first kappa shape index (κ1) is 14.6. The maximum Gasteiger partial charge on any atom is 0.314 e. The van der Waals surface area contributed by atoms with Gasteiger partial charge >= 0.3 is 5.97 Å². The van der Waals surface area contributed by atoms with Crippen molar-refractivity contribution in [2.45, 2.75) is 13.3 Å². The lowest BCUT2D eigenvalue weighted by Gasteiger charge is -2.03. The van der Waals surface area contributed by atoms with E-state index >= 15 is 0 Å². The normalized spacial score (nSPS) is 19.0. The number of rotatable bonds is 4. The van der Waals surface area contributed by atoms with Crippen LogP contribution in [0.25, 0.3) is 22.8 Å². The Morgan fingerprint density at radius 2 is 2.00 bits per heavy atom. The van der Waals surface area contributed by atoms with Gasteiger partial charge in [0.25, 0.3) is 5.89 Å². The molecular weight excluding hydrogens is 306 g/mol. The Bertz CT molecular complexity index is 859. The van der Waals surface area contributed by atoms with E-state index in [1.807, 2.05) is 19.1 Å². The van der Waals surface area contributed by atoms with Crippen LogP contribution in [-0.4, -0.2) is 21.1 Å². The zero-order valence-corrected chi connectivity index (χ0v) is 13.0. The third-order valence-electron chi connectivity index (χ3n) is 4.08. The Labute approximate surface area is 138 Å². The van der Waals surface area contributed by atoms with E-state index in [1.165, 1.54) is 0 Å². The fourth-order valence-corrected chi connectivity index (χ4v) is 2.46. The van der Waals surface area contributed by atoms with E-state index in [2.05, 4.69) is 15.1 Å². The van der Waals surface area contributed by atoms with Gasteiger partial charge in [-0.3, -0.25) is 9.78 Å². The summed E-state index contributed by atoms with van der Waals surface area (Å²) in [4.78, 5) is 20.2. The summed E-state index contributed by atoms with van der Waals surface area (Å²) in [6, 6.07) is 10.7. The molecule has 3 aromatic rings. The van der Waals surface area contributed by atoms with Gasteiger partial charge in [0.05, 0.1) is 11.5 Å². The molecule has 1 aromatic carbocycles. The molecule has 2 atom stereocenters. The summed E-state index contributed by atoms with van der Waals surface area (Å²) in [5.74, 6) is 1.73. The second-order valence-corrected chi connectivity index (χ2v) is 5.93. The van der Waals surface area contributed by atoms with Crippen LogP contribution in [0.2, 0.25) is 0 Å². The van der Waals surface area contributed by atoms with Gasteiger partial charge in [-0.15, -0.1) is 0 Å². The van der Waals surface area contributed by atoms with Gasteiger partial charge in [-0.2, -0.15) is 4.98 Å². The first-order valence-electron chi connectivity index (χ1n) is 7.77. The van der Waals surface area contributed by atoms with E-state index in [-0.39, 0.29) is 11.9 Å². The first-order chi connectivity index (χ1) is 11.7. The molecule has 1 fully saturated rings. The van der Waals surface area contributed by atoms with Crippen molar-refractivity contribution in [3.05, 3.63) is 48.8 Å². The molecule has 24 heavy (non-hydrogen) atoms. The Morgan fingerprint density at radius 1 is 1.21 bits per heavy atom. The third-order valence-corrected chi connectivity index (χ3v) is 4.08. The topological polar surface area (TPSA) is 78.1 Å². The Balaban J connectivity index is 1.49. The van der Waals surface area contributed by atoms with Gasteiger partial charge in [-0.1, -0.05) is 12.1 Å².